The van der Waals surface area contributed by atoms with Gasteiger partial charge in [0.15, 0.2) is 0 Å². The maximum Gasteiger partial charge on any atom is 0.408 e. The number of carbonyl (C=O) groups excluding carboxylic acids is 2. The molecule has 0 spiro atoms. The summed E-state index contributed by atoms with van der Waals surface area (Å²) in [6.07, 6.45) is -1.39. The topological polar surface area (TPSA) is 84.9 Å². The van der Waals surface area contributed by atoms with E-state index in [2.05, 4.69) is 10.2 Å². The third-order valence-corrected chi connectivity index (χ3v) is 2.52. The summed E-state index contributed by atoms with van der Waals surface area (Å²) >= 11 is 0. The molecule has 1 aromatic carbocycles. The number of hydrogen-bond donors (Lipinski definition) is 2. The van der Waals surface area contributed by atoms with Crippen molar-refractivity contribution in [2.75, 3.05) is 0 Å². The Morgan fingerprint density at radius 3 is 2.76 bits per heavy atom. The van der Waals surface area contributed by atoms with Gasteiger partial charge in [-0.15, -0.1) is 0 Å². The highest BCUT2D eigenvalue weighted by Gasteiger charge is 2.40. The molecule has 1 heterocycles. The van der Waals surface area contributed by atoms with Crippen molar-refractivity contribution in [1.29, 1.82) is 0 Å². The van der Waals surface area contributed by atoms with Crippen LogP contribution in [0.2, 0.25) is 0 Å². The molecule has 17 heavy (non-hydrogen) atoms. The predicted octanol–water partition coefficient (Wildman–Crippen LogP) is 0.722. The highest BCUT2D eigenvalue weighted by Crippen LogP contribution is 2.15. The SMILES string of the molecule is O=C1N[C@@H](Cc2ccccc2)[C@@H](C(=O)OO)O1. The summed E-state index contributed by atoms with van der Waals surface area (Å²) in [5, 5.41) is 10.8. The molecule has 0 aromatic heterocycles. The minimum Gasteiger partial charge on any atom is -0.432 e. The number of amides is 1. The molecule has 0 aliphatic carbocycles. The average molecular weight is 237 g/mol. The molecule has 6 nitrogen and oxygen atoms in total. The molecule has 1 aliphatic rings. The van der Waals surface area contributed by atoms with E-state index in [0.717, 1.165) is 5.56 Å². The number of cyclic esters (lactones) is 1. The Morgan fingerprint density at radius 1 is 1.41 bits per heavy atom. The molecular formula is C11H11NO5. The first-order valence-corrected chi connectivity index (χ1v) is 5.07. The van der Waals surface area contributed by atoms with Crippen LogP contribution in [-0.4, -0.2) is 29.5 Å². The van der Waals surface area contributed by atoms with Crippen LogP contribution in [0.4, 0.5) is 4.79 Å². The number of hydrogen-bond acceptors (Lipinski definition) is 5. The zero-order chi connectivity index (χ0) is 12.3. The fourth-order valence-corrected chi connectivity index (χ4v) is 1.75. The summed E-state index contributed by atoms with van der Waals surface area (Å²) in [4.78, 5) is 25.8. The molecule has 0 unspecified atom stereocenters. The maximum atomic E-state index is 11.2. The lowest BCUT2D eigenvalue weighted by Gasteiger charge is -2.13. The number of ether oxygens (including phenoxy) is 1. The van der Waals surface area contributed by atoms with Crippen LogP contribution < -0.4 is 5.32 Å². The first-order valence-electron chi connectivity index (χ1n) is 5.07. The molecule has 0 bridgehead atoms. The molecule has 1 amide bonds. The van der Waals surface area contributed by atoms with Crippen LogP contribution in [0.3, 0.4) is 0 Å². The monoisotopic (exact) mass is 237 g/mol. The van der Waals surface area contributed by atoms with Gasteiger partial charge in [0.1, 0.15) is 0 Å². The van der Waals surface area contributed by atoms with Crippen LogP contribution in [-0.2, 0) is 20.8 Å². The van der Waals surface area contributed by atoms with E-state index in [-0.39, 0.29) is 0 Å². The summed E-state index contributed by atoms with van der Waals surface area (Å²) in [5.74, 6) is -0.982. The van der Waals surface area contributed by atoms with Gasteiger partial charge in [0.05, 0.1) is 6.04 Å². The van der Waals surface area contributed by atoms with E-state index in [0.29, 0.717) is 6.42 Å². The van der Waals surface area contributed by atoms with Crippen LogP contribution >= 0.6 is 0 Å². The quantitative estimate of drug-likeness (QED) is 0.597. The Hall–Kier alpha value is -2.08. The van der Waals surface area contributed by atoms with E-state index >= 15 is 0 Å². The van der Waals surface area contributed by atoms with Crippen LogP contribution in [0.15, 0.2) is 30.3 Å². The zero-order valence-electron chi connectivity index (χ0n) is 8.83. The van der Waals surface area contributed by atoms with Crippen molar-refractivity contribution >= 4 is 12.1 Å². The summed E-state index contributed by atoms with van der Waals surface area (Å²) < 4.78 is 4.71. The van der Waals surface area contributed by atoms with Gasteiger partial charge in [-0.3, -0.25) is 4.89 Å². The Labute approximate surface area is 97.1 Å². The Morgan fingerprint density at radius 2 is 2.12 bits per heavy atom. The Bertz CT molecular complexity index is 419. The second-order valence-electron chi connectivity index (χ2n) is 3.68. The highest BCUT2D eigenvalue weighted by atomic mass is 17.1. The fraction of sp³-hybridized carbons (Fsp3) is 0.273. The van der Waals surface area contributed by atoms with Crippen molar-refractivity contribution in [3.63, 3.8) is 0 Å². The molecule has 2 N–H and O–H groups in total. The smallest absolute Gasteiger partial charge is 0.408 e. The summed E-state index contributed by atoms with van der Waals surface area (Å²) in [6.45, 7) is 0. The van der Waals surface area contributed by atoms with Crippen molar-refractivity contribution in [3.8, 4) is 0 Å². The van der Waals surface area contributed by atoms with Gasteiger partial charge in [-0.1, -0.05) is 30.3 Å². The molecule has 2 rings (SSSR count). The minimum atomic E-state index is -1.12. The van der Waals surface area contributed by atoms with Gasteiger partial charge in [0.2, 0.25) is 6.10 Å². The van der Waals surface area contributed by atoms with E-state index in [1.807, 2.05) is 30.3 Å². The number of carbonyl (C=O) groups is 2. The lowest BCUT2D eigenvalue weighted by Crippen LogP contribution is -2.39. The third kappa shape index (κ3) is 2.54. The lowest BCUT2D eigenvalue weighted by atomic mass is 10.0. The second-order valence-corrected chi connectivity index (χ2v) is 3.68. The zero-order valence-corrected chi connectivity index (χ0v) is 8.83. The van der Waals surface area contributed by atoms with Crippen LogP contribution in [0, 0.1) is 0 Å². The van der Waals surface area contributed by atoms with E-state index in [4.69, 9.17) is 9.99 Å². The minimum absolute atomic E-state index is 0.423. The van der Waals surface area contributed by atoms with Crippen molar-refractivity contribution in [2.24, 2.45) is 0 Å². The molecule has 1 aromatic rings. The molecule has 1 saturated heterocycles. The summed E-state index contributed by atoms with van der Waals surface area (Å²) in [6, 6.07) is 8.77. The van der Waals surface area contributed by atoms with Gasteiger partial charge in [-0.25, -0.2) is 9.59 Å². The normalized spacial score (nSPS) is 22.8. The average Bonchev–Trinajstić information content (AvgIpc) is 2.70. The van der Waals surface area contributed by atoms with E-state index in [9.17, 15) is 9.59 Å². The van der Waals surface area contributed by atoms with Crippen LogP contribution in [0.1, 0.15) is 5.56 Å². The Balaban J connectivity index is 2.08. The molecule has 6 heteroatoms. The van der Waals surface area contributed by atoms with Crippen molar-refractivity contribution in [3.05, 3.63) is 35.9 Å². The number of benzene rings is 1. The number of rotatable bonds is 3. The second kappa shape index (κ2) is 4.84. The lowest BCUT2D eigenvalue weighted by molar-refractivity contribution is -0.241. The first-order chi connectivity index (χ1) is 8.20. The maximum absolute atomic E-state index is 11.2. The largest absolute Gasteiger partial charge is 0.432 e. The molecule has 1 fully saturated rings. The van der Waals surface area contributed by atoms with Crippen molar-refractivity contribution in [1.82, 2.24) is 5.32 Å². The first kappa shape index (κ1) is 11.4. The van der Waals surface area contributed by atoms with E-state index < -0.39 is 24.2 Å². The molecule has 0 radical (unpaired) electrons. The standard InChI is InChI=1S/C11H11NO5/c13-10(17-15)9-8(12-11(14)16-9)6-7-4-2-1-3-5-7/h1-5,8-9,15H,6H2,(H,12,14)/t8-,9-/m0/s1. The van der Waals surface area contributed by atoms with Gasteiger partial charge < -0.3 is 10.1 Å². The Kier molecular flexibility index (Phi) is 3.24. The van der Waals surface area contributed by atoms with Crippen molar-refractivity contribution < 1.29 is 24.5 Å². The van der Waals surface area contributed by atoms with Gasteiger partial charge in [-0.05, 0) is 12.0 Å². The molecule has 1 aliphatic heterocycles. The summed E-state index contributed by atoms with van der Waals surface area (Å²) in [7, 11) is 0. The molecular weight excluding hydrogens is 226 g/mol. The number of nitrogens with one attached hydrogen (secondary N) is 1. The van der Waals surface area contributed by atoms with Gasteiger partial charge in [0.25, 0.3) is 0 Å². The predicted molar refractivity (Wildman–Crippen MR) is 56.1 cm³/mol. The van der Waals surface area contributed by atoms with Crippen molar-refractivity contribution in [2.45, 2.75) is 18.6 Å². The van der Waals surface area contributed by atoms with E-state index in [1.54, 1.807) is 0 Å². The molecule has 0 saturated carbocycles. The van der Waals surface area contributed by atoms with Crippen LogP contribution in [0.5, 0.6) is 0 Å². The number of alkyl carbamates (subject to hydrolysis) is 1. The fourth-order valence-electron chi connectivity index (χ4n) is 1.75. The van der Waals surface area contributed by atoms with Gasteiger partial charge in [-0.2, -0.15) is 5.26 Å². The third-order valence-electron chi connectivity index (χ3n) is 2.52. The van der Waals surface area contributed by atoms with E-state index in [1.165, 1.54) is 0 Å². The van der Waals surface area contributed by atoms with Crippen LogP contribution in [0.25, 0.3) is 0 Å². The van der Waals surface area contributed by atoms with Gasteiger partial charge >= 0.3 is 12.1 Å². The van der Waals surface area contributed by atoms with Gasteiger partial charge in [0, 0.05) is 0 Å². The molecule has 90 valence electrons. The highest BCUT2D eigenvalue weighted by molar-refractivity contribution is 5.83. The molecule has 2 atom stereocenters. The summed E-state index contributed by atoms with van der Waals surface area (Å²) in [5.41, 5.74) is 0.944.